The van der Waals surface area contributed by atoms with Crippen LogP contribution in [0.1, 0.15) is 51.0 Å². The molecule has 2 heterocycles. The maximum atomic E-state index is 13.3. The topological polar surface area (TPSA) is 64.6 Å². The predicted octanol–water partition coefficient (Wildman–Crippen LogP) is 4.63. The largest absolute Gasteiger partial charge is 0.462 e. The summed E-state index contributed by atoms with van der Waals surface area (Å²) in [5.74, 6) is -1.38. The molecule has 6 heteroatoms. The summed E-state index contributed by atoms with van der Waals surface area (Å²) in [4.78, 5) is 26.5. The first kappa shape index (κ1) is 21.3. The van der Waals surface area contributed by atoms with Crippen molar-refractivity contribution < 1.29 is 19.1 Å². The Balaban J connectivity index is 1.72. The van der Waals surface area contributed by atoms with Crippen LogP contribution in [0.3, 0.4) is 0 Å². The minimum Gasteiger partial charge on any atom is -0.462 e. The monoisotopic (exact) mass is 473 g/mol. The van der Waals surface area contributed by atoms with Gasteiger partial charge in [-0.05, 0) is 36.3 Å². The number of carbonyl (C=O) groups is 2. The second-order valence-corrected chi connectivity index (χ2v) is 10.1. The van der Waals surface area contributed by atoms with Crippen molar-refractivity contribution in [3.8, 4) is 0 Å². The van der Waals surface area contributed by atoms with Crippen LogP contribution < -0.4 is 5.32 Å². The standard InChI is InChI=1S/C24H28BrNO4/c1-14-20(23(28)30-13-15-7-6-10-29-15)21(16-8-4-5-9-17(16)25)22-18(26-14)11-24(2,3)12-19(22)27/h4-5,8-9,15,20-21,26H,1,6-7,10-13H2,2-3H3. The molecule has 1 N–H and O–H groups in total. The molecule has 0 saturated carbocycles. The van der Waals surface area contributed by atoms with Crippen molar-refractivity contribution in [1.82, 2.24) is 5.32 Å². The molecule has 0 amide bonds. The van der Waals surface area contributed by atoms with E-state index >= 15 is 0 Å². The number of ketones is 1. The zero-order valence-corrected chi connectivity index (χ0v) is 19.1. The molecule has 1 saturated heterocycles. The second-order valence-electron chi connectivity index (χ2n) is 9.23. The van der Waals surface area contributed by atoms with Gasteiger partial charge < -0.3 is 14.8 Å². The van der Waals surface area contributed by atoms with Gasteiger partial charge in [0.05, 0.1) is 6.10 Å². The molecule has 1 aromatic rings. The van der Waals surface area contributed by atoms with Gasteiger partial charge in [-0.15, -0.1) is 0 Å². The van der Waals surface area contributed by atoms with Crippen LogP contribution in [-0.2, 0) is 19.1 Å². The lowest BCUT2D eigenvalue weighted by atomic mass is 9.66. The average molecular weight is 474 g/mol. The van der Waals surface area contributed by atoms with E-state index in [-0.39, 0.29) is 29.9 Å². The Morgan fingerprint density at radius 2 is 2.10 bits per heavy atom. The lowest BCUT2D eigenvalue weighted by Gasteiger charge is -2.42. The van der Waals surface area contributed by atoms with Gasteiger partial charge in [0.25, 0.3) is 0 Å². The van der Waals surface area contributed by atoms with E-state index < -0.39 is 11.8 Å². The summed E-state index contributed by atoms with van der Waals surface area (Å²) >= 11 is 3.62. The van der Waals surface area contributed by atoms with Gasteiger partial charge in [-0.25, -0.2) is 0 Å². The molecule has 3 atom stereocenters. The van der Waals surface area contributed by atoms with Crippen LogP contribution in [0, 0.1) is 11.3 Å². The van der Waals surface area contributed by atoms with E-state index in [0.29, 0.717) is 24.3 Å². The van der Waals surface area contributed by atoms with Crippen molar-refractivity contribution in [2.24, 2.45) is 11.3 Å². The van der Waals surface area contributed by atoms with Crippen molar-refractivity contribution in [2.75, 3.05) is 13.2 Å². The zero-order chi connectivity index (χ0) is 21.5. The number of esters is 1. The van der Waals surface area contributed by atoms with Crippen LogP contribution in [0.5, 0.6) is 0 Å². The molecule has 0 aromatic heterocycles. The van der Waals surface area contributed by atoms with Crippen LogP contribution in [0.15, 0.2) is 52.3 Å². The number of halogens is 1. The van der Waals surface area contributed by atoms with E-state index in [1.807, 2.05) is 24.3 Å². The molecule has 0 bridgehead atoms. The molecule has 1 fully saturated rings. The first-order valence-corrected chi connectivity index (χ1v) is 11.3. The van der Waals surface area contributed by atoms with Crippen LogP contribution in [0.2, 0.25) is 0 Å². The zero-order valence-electron chi connectivity index (χ0n) is 17.5. The number of hydrogen-bond donors (Lipinski definition) is 1. The Bertz CT molecular complexity index is 914. The maximum absolute atomic E-state index is 13.3. The molecule has 4 rings (SSSR count). The minimum absolute atomic E-state index is 0.0486. The smallest absolute Gasteiger partial charge is 0.315 e. The van der Waals surface area contributed by atoms with Gasteiger partial charge in [0.1, 0.15) is 12.5 Å². The normalized spacial score (nSPS) is 28.2. The lowest BCUT2D eigenvalue weighted by Crippen LogP contribution is -2.44. The Morgan fingerprint density at radius 3 is 2.80 bits per heavy atom. The quantitative estimate of drug-likeness (QED) is 0.645. The van der Waals surface area contributed by atoms with E-state index in [4.69, 9.17) is 9.47 Å². The summed E-state index contributed by atoms with van der Waals surface area (Å²) in [5, 5.41) is 3.30. The van der Waals surface area contributed by atoms with Gasteiger partial charge in [-0.3, -0.25) is 9.59 Å². The number of carbonyl (C=O) groups excluding carboxylic acids is 2. The maximum Gasteiger partial charge on any atom is 0.315 e. The van der Waals surface area contributed by atoms with Gasteiger partial charge >= 0.3 is 5.97 Å². The number of nitrogens with one attached hydrogen (secondary N) is 1. The number of rotatable bonds is 4. The molecule has 30 heavy (non-hydrogen) atoms. The molecule has 1 aromatic carbocycles. The Labute approximate surface area is 186 Å². The SMILES string of the molecule is C=C1NC2=C(C(=O)CC(C)(C)C2)C(c2ccccc2Br)C1C(=O)OCC1CCCO1. The highest BCUT2D eigenvalue weighted by Gasteiger charge is 2.47. The Hall–Kier alpha value is -1.92. The van der Waals surface area contributed by atoms with Gasteiger partial charge in [0.15, 0.2) is 5.78 Å². The Morgan fingerprint density at radius 1 is 1.33 bits per heavy atom. The number of allylic oxidation sites excluding steroid dienone is 2. The molecule has 160 valence electrons. The fourth-order valence-corrected chi connectivity index (χ4v) is 5.36. The molecular weight excluding hydrogens is 446 g/mol. The van der Waals surface area contributed by atoms with Crippen molar-refractivity contribution in [2.45, 2.75) is 51.6 Å². The van der Waals surface area contributed by atoms with Crippen molar-refractivity contribution in [3.63, 3.8) is 0 Å². The molecule has 3 unspecified atom stereocenters. The minimum atomic E-state index is -0.672. The second kappa shape index (κ2) is 8.31. The summed E-state index contributed by atoms with van der Waals surface area (Å²) < 4.78 is 12.1. The van der Waals surface area contributed by atoms with Crippen LogP contribution in [0.25, 0.3) is 0 Å². The highest BCUT2D eigenvalue weighted by Crippen LogP contribution is 2.49. The third-order valence-electron chi connectivity index (χ3n) is 6.18. The summed E-state index contributed by atoms with van der Waals surface area (Å²) in [6.45, 7) is 9.29. The van der Waals surface area contributed by atoms with E-state index in [0.717, 1.165) is 35.0 Å². The van der Waals surface area contributed by atoms with E-state index in [1.165, 1.54) is 0 Å². The van der Waals surface area contributed by atoms with Crippen LogP contribution in [0.4, 0.5) is 0 Å². The Kier molecular flexibility index (Phi) is 5.90. The van der Waals surface area contributed by atoms with Gasteiger partial charge in [-0.2, -0.15) is 0 Å². The van der Waals surface area contributed by atoms with Crippen molar-refractivity contribution >= 4 is 27.7 Å². The third kappa shape index (κ3) is 4.12. The molecule has 0 radical (unpaired) electrons. The van der Waals surface area contributed by atoms with Crippen LogP contribution in [-0.4, -0.2) is 31.1 Å². The number of Topliss-reactive ketones (excluding diaryl/α,β-unsaturated/α-hetero) is 1. The molecule has 2 aliphatic heterocycles. The molecule has 3 aliphatic rings. The number of ether oxygens (including phenoxy) is 2. The lowest BCUT2D eigenvalue weighted by molar-refractivity contribution is -0.151. The van der Waals surface area contributed by atoms with Crippen molar-refractivity contribution in [1.29, 1.82) is 0 Å². The fraction of sp³-hybridized carbons (Fsp3) is 0.500. The van der Waals surface area contributed by atoms with Gasteiger partial charge in [-0.1, -0.05) is 54.6 Å². The predicted molar refractivity (Wildman–Crippen MR) is 118 cm³/mol. The molecular formula is C24H28BrNO4. The fourth-order valence-electron chi connectivity index (χ4n) is 4.83. The first-order chi connectivity index (χ1) is 14.3. The summed E-state index contributed by atoms with van der Waals surface area (Å²) in [5.41, 5.74) is 2.92. The van der Waals surface area contributed by atoms with Gasteiger partial charge in [0, 0.05) is 40.4 Å². The number of hydrogen-bond acceptors (Lipinski definition) is 5. The summed E-state index contributed by atoms with van der Waals surface area (Å²) in [6, 6.07) is 7.75. The summed E-state index contributed by atoms with van der Waals surface area (Å²) in [7, 11) is 0. The molecule has 1 aliphatic carbocycles. The van der Waals surface area contributed by atoms with Crippen LogP contribution >= 0.6 is 15.9 Å². The molecule has 0 spiro atoms. The molecule has 5 nitrogen and oxygen atoms in total. The average Bonchev–Trinajstić information content (AvgIpc) is 3.18. The highest BCUT2D eigenvalue weighted by atomic mass is 79.9. The summed E-state index contributed by atoms with van der Waals surface area (Å²) in [6.07, 6.45) is 3.03. The van der Waals surface area contributed by atoms with Gasteiger partial charge in [0.2, 0.25) is 0 Å². The van der Waals surface area contributed by atoms with Crippen molar-refractivity contribution in [3.05, 3.63) is 57.8 Å². The third-order valence-corrected chi connectivity index (χ3v) is 6.90. The highest BCUT2D eigenvalue weighted by molar-refractivity contribution is 9.10. The first-order valence-electron chi connectivity index (χ1n) is 10.5. The van der Waals surface area contributed by atoms with E-state index in [2.05, 4.69) is 41.7 Å². The van der Waals surface area contributed by atoms with E-state index in [9.17, 15) is 9.59 Å². The number of benzene rings is 1. The van der Waals surface area contributed by atoms with E-state index in [1.54, 1.807) is 0 Å².